The average molecular weight is 445 g/mol. The molecule has 8 nitrogen and oxygen atoms in total. The Bertz CT molecular complexity index is 987. The third-order valence-electron chi connectivity index (χ3n) is 4.83. The van der Waals surface area contributed by atoms with Crippen LogP contribution in [0.4, 0.5) is 4.39 Å². The number of halogens is 1. The molecule has 2 aliphatic heterocycles. The molecule has 2 aliphatic rings. The first-order valence-electron chi connectivity index (χ1n) is 9.64. The van der Waals surface area contributed by atoms with Crippen LogP contribution in [0.2, 0.25) is 0 Å². The molecule has 162 valence electrons. The van der Waals surface area contributed by atoms with E-state index in [2.05, 4.69) is 16.2 Å². The van der Waals surface area contributed by atoms with Gasteiger partial charge in [0.2, 0.25) is 12.0 Å². The van der Waals surface area contributed by atoms with Crippen molar-refractivity contribution in [2.45, 2.75) is 23.8 Å². The molecule has 3 N–H and O–H groups in total. The second-order valence-electron chi connectivity index (χ2n) is 7.06. The van der Waals surface area contributed by atoms with E-state index >= 15 is 0 Å². The fourth-order valence-corrected chi connectivity index (χ4v) is 4.35. The highest BCUT2D eigenvalue weighted by Gasteiger charge is 2.33. The van der Waals surface area contributed by atoms with Gasteiger partial charge in [0.25, 0.3) is 11.8 Å². The van der Waals surface area contributed by atoms with Crippen molar-refractivity contribution in [2.24, 2.45) is 0 Å². The van der Waals surface area contributed by atoms with Crippen LogP contribution in [0, 0.1) is 5.82 Å². The summed E-state index contributed by atoms with van der Waals surface area (Å²) in [6.45, 7) is 0.0137. The second kappa shape index (κ2) is 9.25. The van der Waals surface area contributed by atoms with E-state index in [-0.39, 0.29) is 23.6 Å². The largest absolute Gasteiger partial charge is 0.485 e. The molecule has 10 heteroatoms. The van der Waals surface area contributed by atoms with Gasteiger partial charge in [0.1, 0.15) is 18.5 Å². The Kier molecular flexibility index (Phi) is 6.26. The molecule has 2 aromatic carbocycles. The van der Waals surface area contributed by atoms with E-state index in [1.54, 1.807) is 36.4 Å². The predicted octanol–water partition coefficient (Wildman–Crippen LogP) is 0.956. The molecule has 0 bridgehead atoms. The summed E-state index contributed by atoms with van der Waals surface area (Å²) in [5.41, 5.74) is 5.47. The van der Waals surface area contributed by atoms with Crippen LogP contribution in [0.25, 0.3) is 0 Å². The molecule has 1 saturated heterocycles. The highest BCUT2D eigenvalue weighted by atomic mass is 32.2. The number of fused-ring (bicyclic) bond motifs is 1. The van der Waals surface area contributed by atoms with Gasteiger partial charge in [0, 0.05) is 5.75 Å². The van der Waals surface area contributed by atoms with Crippen molar-refractivity contribution in [2.75, 3.05) is 12.4 Å². The zero-order valence-electron chi connectivity index (χ0n) is 16.3. The third kappa shape index (κ3) is 5.08. The lowest BCUT2D eigenvalue weighted by atomic mass is 10.1. The Labute approximate surface area is 181 Å². The van der Waals surface area contributed by atoms with Crippen molar-refractivity contribution in [1.82, 2.24) is 16.2 Å². The molecule has 0 saturated carbocycles. The van der Waals surface area contributed by atoms with Gasteiger partial charge < -0.3 is 14.8 Å². The van der Waals surface area contributed by atoms with Crippen molar-refractivity contribution in [3.63, 3.8) is 0 Å². The highest BCUT2D eigenvalue weighted by Crippen LogP contribution is 2.30. The molecule has 1 fully saturated rings. The van der Waals surface area contributed by atoms with E-state index in [0.717, 1.165) is 5.56 Å². The third-order valence-corrected chi connectivity index (χ3v) is 6.14. The molecule has 3 amide bonds. The Morgan fingerprint density at radius 3 is 2.52 bits per heavy atom. The number of ether oxygens (including phenoxy) is 2. The first-order chi connectivity index (χ1) is 15.0. The smallest absolute Gasteiger partial charge is 0.283 e. The number of benzene rings is 2. The number of hydrogen-bond donors (Lipinski definition) is 3. The Hall–Kier alpha value is -3.27. The van der Waals surface area contributed by atoms with Crippen LogP contribution in [0.5, 0.6) is 11.5 Å². The average Bonchev–Trinajstić information content (AvgIpc) is 2.79. The van der Waals surface area contributed by atoms with E-state index in [0.29, 0.717) is 23.7 Å². The maximum atomic E-state index is 13.0. The molecular weight excluding hydrogens is 425 g/mol. The molecule has 0 aromatic heterocycles. The fourth-order valence-electron chi connectivity index (χ4n) is 3.16. The predicted molar refractivity (Wildman–Crippen MR) is 111 cm³/mol. The van der Waals surface area contributed by atoms with Gasteiger partial charge in [-0.25, -0.2) is 4.39 Å². The number of para-hydroxylation sites is 2. The number of rotatable bonds is 4. The molecule has 0 radical (unpaired) electrons. The molecule has 31 heavy (non-hydrogen) atoms. The lowest BCUT2D eigenvalue weighted by molar-refractivity contribution is -0.136. The number of hydrazine groups is 1. The molecule has 4 rings (SSSR count). The molecule has 0 spiro atoms. The summed E-state index contributed by atoms with van der Waals surface area (Å²) in [5, 5.41) is 2.28. The zero-order chi connectivity index (χ0) is 21.8. The highest BCUT2D eigenvalue weighted by molar-refractivity contribution is 8.00. The van der Waals surface area contributed by atoms with Crippen LogP contribution in [0.3, 0.4) is 0 Å². The van der Waals surface area contributed by atoms with Crippen LogP contribution in [0.15, 0.2) is 48.5 Å². The van der Waals surface area contributed by atoms with Gasteiger partial charge in [0.05, 0.1) is 5.25 Å². The maximum Gasteiger partial charge on any atom is 0.283 e. The minimum absolute atomic E-state index is 0.0137. The monoisotopic (exact) mass is 445 g/mol. The van der Waals surface area contributed by atoms with Crippen LogP contribution in [-0.2, 0) is 20.8 Å². The summed E-state index contributed by atoms with van der Waals surface area (Å²) in [7, 11) is 0. The van der Waals surface area contributed by atoms with Gasteiger partial charge in [-0.15, -0.1) is 11.8 Å². The lowest BCUT2D eigenvalue weighted by Gasteiger charge is -2.29. The van der Waals surface area contributed by atoms with Crippen molar-refractivity contribution < 1.29 is 28.2 Å². The molecule has 3 atom stereocenters. The standard InChI is InChI=1S/C21H20FN3O5S/c22-13-7-5-12(6-8-13)9-18-21(28)23-14(11-31-18)19(26)24-25-20(27)17-10-29-15-3-1-2-4-16(15)30-17/h1-8,14,17-18H,9-11H2,(H,23,28)(H,24,26)(H,25,27). The van der Waals surface area contributed by atoms with Crippen LogP contribution >= 0.6 is 11.8 Å². The summed E-state index contributed by atoms with van der Waals surface area (Å²) < 4.78 is 24.1. The second-order valence-corrected chi connectivity index (χ2v) is 8.29. The summed E-state index contributed by atoms with van der Waals surface area (Å²) in [6.07, 6.45) is -0.479. The number of carbonyl (C=O) groups excluding carboxylic acids is 3. The van der Waals surface area contributed by atoms with Gasteiger partial charge >= 0.3 is 0 Å². The van der Waals surface area contributed by atoms with Crippen LogP contribution in [0.1, 0.15) is 5.56 Å². The van der Waals surface area contributed by atoms with Crippen molar-refractivity contribution >= 4 is 29.5 Å². The lowest BCUT2D eigenvalue weighted by Crippen LogP contribution is -2.59. The molecule has 2 heterocycles. The van der Waals surface area contributed by atoms with Crippen molar-refractivity contribution in [1.29, 1.82) is 0 Å². The molecule has 2 aromatic rings. The number of carbonyl (C=O) groups is 3. The van der Waals surface area contributed by atoms with Gasteiger partial charge in [-0.2, -0.15) is 0 Å². The number of thioether (sulfide) groups is 1. The topological polar surface area (TPSA) is 106 Å². The Morgan fingerprint density at radius 1 is 1.06 bits per heavy atom. The normalized spacial score (nSPS) is 22.2. The molecule has 0 aliphatic carbocycles. The van der Waals surface area contributed by atoms with Gasteiger partial charge in [0.15, 0.2) is 11.5 Å². The summed E-state index contributed by atoms with van der Waals surface area (Å²) in [6, 6.07) is 12.1. The van der Waals surface area contributed by atoms with E-state index in [4.69, 9.17) is 9.47 Å². The van der Waals surface area contributed by atoms with Crippen molar-refractivity contribution in [3.8, 4) is 11.5 Å². The van der Waals surface area contributed by atoms with Crippen LogP contribution in [-0.4, -0.2) is 47.5 Å². The Balaban J connectivity index is 1.24. The fraction of sp³-hybridized carbons (Fsp3) is 0.286. The van der Waals surface area contributed by atoms with E-state index in [1.165, 1.54) is 23.9 Å². The minimum atomic E-state index is -0.911. The summed E-state index contributed by atoms with van der Waals surface area (Å²) in [5.74, 6) is -0.379. The van der Waals surface area contributed by atoms with E-state index in [1.807, 2.05) is 0 Å². The first kappa shape index (κ1) is 21.0. The number of nitrogens with one attached hydrogen (secondary N) is 3. The quantitative estimate of drug-likeness (QED) is 0.606. The van der Waals surface area contributed by atoms with Crippen LogP contribution < -0.4 is 25.6 Å². The van der Waals surface area contributed by atoms with E-state index in [9.17, 15) is 18.8 Å². The molecule has 3 unspecified atom stereocenters. The van der Waals surface area contributed by atoms with E-state index < -0.39 is 24.0 Å². The SMILES string of the molecule is O=C(NNC(=O)C1COc2ccccc2O1)C1CSC(Cc2ccc(F)cc2)C(=O)N1. The van der Waals surface area contributed by atoms with Gasteiger partial charge in [-0.3, -0.25) is 25.2 Å². The van der Waals surface area contributed by atoms with Gasteiger partial charge in [-0.05, 0) is 36.2 Å². The van der Waals surface area contributed by atoms with Crippen molar-refractivity contribution in [3.05, 3.63) is 59.9 Å². The van der Waals surface area contributed by atoms with Gasteiger partial charge in [-0.1, -0.05) is 24.3 Å². The minimum Gasteiger partial charge on any atom is -0.485 e. The first-order valence-corrected chi connectivity index (χ1v) is 10.7. The number of hydrogen-bond acceptors (Lipinski definition) is 6. The number of amides is 3. The summed E-state index contributed by atoms with van der Waals surface area (Å²) in [4.78, 5) is 37.0. The zero-order valence-corrected chi connectivity index (χ0v) is 17.1. The maximum absolute atomic E-state index is 13.0. The molecular formula is C21H20FN3O5S. The summed E-state index contributed by atoms with van der Waals surface area (Å²) >= 11 is 1.34. The Morgan fingerprint density at radius 2 is 1.77 bits per heavy atom.